The molecule has 0 aliphatic carbocycles. The van der Waals surface area contributed by atoms with Crippen molar-refractivity contribution in [1.82, 2.24) is 10.2 Å². The Balaban J connectivity index is 2.07. The minimum Gasteiger partial charge on any atom is -0.299 e. The second-order valence-corrected chi connectivity index (χ2v) is 5.62. The van der Waals surface area contributed by atoms with Crippen molar-refractivity contribution in [3.05, 3.63) is 30.1 Å². The molecule has 94 valence electrons. The molecule has 0 fully saturated rings. The van der Waals surface area contributed by atoms with E-state index in [1.54, 1.807) is 18.2 Å². The Labute approximate surface area is 116 Å². The van der Waals surface area contributed by atoms with Gasteiger partial charge in [-0.05, 0) is 12.1 Å². The number of carbonyl (C=O) groups is 1. The third-order valence-electron chi connectivity index (χ3n) is 1.81. The first-order chi connectivity index (χ1) is 8.69. The molecule has 0 spiro atoms. The second kappa shape index (κ2) is 6.12. The third-order valence-corrected chi connectivity index (χ3v) is 3.99. The number of benzene rings is 1. The number of anilines is 1. The van der Waals surface area contributed by atoms with Crippen LogP contribution >= 0.6 is 34.7 Å². The number of rotatable bonds is 4. The molecule has 0 atom stereocenters. The molecule has 0 aliphatic rings. The summed E-state index contributed by atoms with van der Waals surface area (Å²) in [5.74, 6) is -0.811. The number of hydrogen-bond acceptors (Lipinski definition) is 5. The van der Waals surface area contributed by atoms with Crippen LogP contribution in [0.25, 0.3) is 0 Å². The summed E-state index contributed by atoms with van der Waals surface area (Å²) in [6, 6.07) is 6.38. The highest BCUT2D eigenvalue weighted by Crippen LogP contribution is 2.33. The molecular weight excluding hydrogens is 297 g/mol. The number of alkyl halides is 1. The lowest BCUT2D eigenvalue weighted by Crippen LogP contribution is -2.12. The minimum absolute atomic E-state index is 0.143. The van der Waals surface area contributed by atoms with Crippen LogP contribution in [0.2, 0.25) is 0 Å². The smallest absolute Gasteiger partial charge is 0.241 e. The highest BCUT2D eigenvalue weighted by Gasteiger charge is 2.10. The van der Waals surface area contributed by atoms with Crippen molar-refractivity contribution in [3.63, 3.8) is 0 Å². The molecular formula is C10H7ClFN3OS2. The van der Waals surface area contributed by atoms with Crippen molar-refractivity contribution in [3.8, 4) is 0 Å². The SMILES string of the molecule is O=C(CCl)Nc1nnc(Sc2ccccc2F)s1. The van der Waals surface area contributed by atoms with Crippen molar-refractivity contribution in [2.24, 2.45) is 0 Å². The number of aromatic nitrogens is 2. The van der Waals surface area contributed by atoms with Crippen LogP contribution in [0.1, 0.15) is 0 Å². The number of amides is 1. The maximum absolute atomic E-state index is 13.4. The number of hydrogen-bond donors (Lipinski definition) is 1. The zero-order valence-corrected chi connectivity index (χ0v) is 11.3. The van der Waals surface area contributed by atoms with E-state index in [1.807, 2.05) is 0 Å². The molecule has 0 saturated heterocycles. The van der Waals surface area contributed by atoms with Gasteiger partial charge >= 0.3 is 0 Å². The van der Waals surface area contributed by atoms with Crippen LogP contribution in [0.3, 0.4) is 0 Å². The molecule has 1 amide bonds. The number of nitrogens with zero attached hydrogens (tertiary/aromatic N) is 2. The molecule has 0 unspecified atom stereocenters. The van der Waals surface area contributed by atoms with Gasteiger partial charge in [0.2, 0.25) is 11.0 Å². The number of halogens is 2. The van der Waals surface area contributed by atoms with Gasteiger partial charge in [0.25, 0.3) is 0 Å². The first kappa shape index (κ1) is 13.3. The van der Waals surface area contributed by atoms with Gasteiger partial charge in [-0.25, -0.2) is 4.39 Å². The molecule has 0 radical (unpaired) electrons. The van der Waals surface area contributed by atoms with Crippen molar-refractivity contribution >= 4 is 45.7 Å². The van der Waals surface area contributed by atoms with Crippen LogP contribution in [-0.2, 0) is 4.79 Å². The molecule has 0 bridgehead atoms. The van der Waals surface area contributed by atoms with Crippen LogP contribution in [0, 0.1) is 5.82 Å². The van der Waals surface area contributed by atoms with Gasteiger partial charge in [-0.2, -0.15) is 0 Å². The summed E-state index contributed by atoms with van der Waals surface area (Å²) in [7, 11) is 0. The van der Waals surface area contributed by atoms with E-state index in [2.05, 4.69) is 15.5 Å². The van der Waals surface area contributed by atoms with Gasteiger partial charge in [0, 0.05) is 0 Å². The van der Waals surface area contributed by atoms with Gasteiger partial charge in [0.15, 0.2) is 4.34 Å². The van der Waals surface area contributed by atoms with Gasteiger partial charge < -0.3 is 0 Å². The monoisotopic (exact) mass is 303 g/mol. The average molecular weight is 304 g/mol. The van der Waals surface area contributed by atoms with E-state index in [4.69, 9.17) is 11.6 Å². The van der Waals surface area contributed by atoms with E-state index in [0.717, 1.165) is 23.1 Å². The zero-order valence-electron chi connectivity index (χ0n) is 8.89. The highest BCUT2D eigenvalue weighted by molar-refractivity contribution is 8.01. The van der Waals surface area contributed by atoms with Crippen LogP contribution in [0.5, 0.6) is 0 Å². The highest BCUT2D eigenvalue weighted by atomic mass is 35.5. The summed E-state index contributed by atoms with van der Waals surface area (Å²) < 4.78 is 13.9. The predicted octanol–water partition coefficient (Wildman–Crippen LogP) is 3.01. The van der Waals surface area contributed by atoms with E-state index in [0.29, 0.717) is 14.4 Å². The summed E-state index contributed by atoms with van der Waals surface area (Å²) >= 11 is 7.67. The quantitative estimate of drug-likeness (QED) is 0.697. The van der Waals surface area contributed by atoms with Gasteiger partial charge in [-0.3, -0.25) is 10.1 Å². The Morgan fingerprint density at radius 3 is 2.94 bits per heavy atom. The summed E-state index contributed by atoms with van der Waals surface area (Å²) in [4.78, 5) is 11.5. The standard InChI is InChI=1S/C10H7ClFN3OS2/c11-5-8(16)13-9-14-15-10(18-9)17-7-4-2-1-3-6(7)12/h1-4H,5H2,(H,13,14,16). The van der Waals surface area contributed by atoms with Crippen LogP contribution in [0.4, 0.5) is 9.52 Å². The summed E-state index contributed by atoms with van der Waals surface area (Å²) in [6.07, 6.45) is 0. The fourth-order valence-electron chi connectivity index (χ4n) is 1.08. The molecule has 1 aromatic carbocycles. The fraction of sp³-hybridized carbons (Fsp3) is 0.100. The number of nitrogens with one attached hydrogen (secondary N) is 1. The lowest BCUT2D eigenvalue weighted by molar-refractivity contribution is -0.113. The van der Waals surface area contributed by atoms with Crippen LogP contribution in [0.15, 0.2) is 33.5 Å². The van der Waals surface area contributed by atoms with Crippen molar-refractivity contribution in [1.29, 1.82) is 0 Å². The fourth-order valence-corrected chi connectivity index (χ4v) is 2.89. The maximum atomic E-state index is 13.4. The summed E-state index contributed by atoms with van der Waals surface area (Å²) in [6.45, 7) is 0. The van der Waals surface area contributed by atoms with Gasteiger partial charge in [-0.15, -0.1) is 21.8 Å². The molecule has 0 saturated carbocycles. The molecule has 0 aliphatic heterocycles. The molecule has 2 aromatic rings. The van der Waals surface area contributed by atoms with Gasteiger partial charge in [0.05, 0.1) is 4.90 Å². The Kier molecular flexibility index (Phi) is 4.51. The predicted molar refractivity (Wildman–Crippen MR) is 69.8 cm³/mol. The van der Waals surface area contributed by atoms with E-state index in [9.17, 15) is 9.18 Å². The van der Waals surface area contributed by atoms with E-state index in [-0.39, 0.29) is 17.6 Å². The lowest BCUT2D eigenvalue weighted by Gasteiger charge is -1.97. The zero-order chi connectivity index (χ0) is 13.0. The maximum Gasteiger partial charge on any atom is 0.241 e. The molecule has 1 N–H and O–H groups in total. The van der Waals surface area contributed by atoms with Crippen molar-refractivity contribution in [2.45, 2.75) is 9.24 Å². The second-order valence-electron chi connectivity index (χ2n) is 3.09. The minimum atomic E-state index is -0.352. The summed E-state index contributed by atoms with van der Waals surface area (Å²) in [5.41, 5.74) is 0. The first-order valence-electron chi connectivity index (χ1n) is 4.80. The molecule has 8 heteroatoms. The molecule has 18 heavy (non-hydrogen) atoms. The summed E-state index contributed by atoms with van der Waals surface area (Å²) in [5, 5.41) is 10.4. The van der Waals surface area contributed by atoms with Crippen LogP contribution in [-0.4, -0.2) is 22.0 Å². The van der Waals surface area contributed by atoms with E-state index < -0.39 is 0 Å². The van der Waals surface area contributed by atoms with E-state index >= 15 is 0 Å². The Hall–Kier alpha value is -1.18. The van der Waals surface area contributed by atoms with Gasteiger partial charge in [-0.1, -0.05) is 35.2 Å². The average Bonchev–Trinajstić information content (AvgIpc) is 2.79. The van der Waals surface area contributed by atoms with Gasteiger partial charge in [0.1, 0.15) is 11.7 Å². The van der Waals surface area contributed by atoms with Crippen molar-refractivity contribution < 1.29 is 9.18 Å². The first-order valence-corrected chi connectivity index (χ1v) is 6.97. The normalized spacial score (nSPS) is 10.3. The molecule has 4 nitrogen and oxygen atoms in total. The molecule has 1 aromatic heterocycles. The van der Waals surface area contributed by atoms with E-state index in [1.165, 1.54) is 6.07 Å². The Bertz CT molecular complexity index is 564. The Morgan fingerprint density at radius 2 is 2.22 bits per heavy atom. The largest absolute Gasteiger partial charge is 0.299 e. The lowest BCUT2D eigenvalue weighted by atomic mass is 10.4. The molecule has 1 heterocycles. The third kappa shape index (κ3) is 3.41. The molecule has 2 rings (SSSR count). The number of carbonyl (C=O) groups excluding carboxylic acids is 1. The van der Waals surface area contributed by atoms with Crippen molar-refractivity contribution in [2.75, 3.05) is 11.2 Å². The Morgan fingerprint density at radius 1 is 1.44 bits per heavy atom. The van der Waals surface area contributed by atoms with Crippen LogP contribution < -0.4 is 5.32 Å². The topological polar surface area (TPSA) is 54.9 Å².